The molecule has 0 amide bonds. The topological polar surface area (TPSA) is 37.3 Å². The van der Waals surface area contributed by atoms with Crippen LogP contribution in [0.5, 0.6) is 0 Å². The molecule has 3 fully saturated rings. The minimum absolute atomic E-state index is 0.208. The fourth-order valence-electron chi connectivity index (χ4n) is 7.03. The number of ketones is 1. The zero-order valence-corrected chi connectivity index (χ0v) is 14.1. The zero-order valence-electron chi connectivity index (χ0n) is 14.1. The van der Waals surface area contributed by atoms with Crippen LogP contribution in [0.15, 0.2) is 11.6 Å². The second kappa shape index (κ2) is 4.93. The van der Waals surface area contributed by atoms with E-state index in [4.69, 9.17) is 0 Å². The summed E-state index contributed by atoms with van der Waals surface area (Å²) < 4.78 is 0. The maximum atomic E-state index is 12.7. The first-order valence-corrected chi connectivity index (χ1v) is 9.44. The lowest BCUT2D eigenvalue weighted by Gasteiger charge is -2.59. The van der Waals surface area contributed by atoms with Crippen molar-refractivity contribution in [3.8, 4) is 0 Å². The minimum atomic E-state index is -0.668. The lowest BCUT2D eigenvalue weighted by molar-refractivity contribution is -0.168. The van der Waals surface area contributed by atoms with E-state index >= 15 is 0 Å². The standard InChI is InChI=1S/C20H30O2/c1-3-20-12-19(2,22)18-14-7-5-4-6-13(14)8-9-15(18)16(20)10-11-17(20)21/h6,14-16,18,22H,3-5,7-12H2,1-2H3. The van der Waals surface area contributed by atoms with Gasteiger partial charge in [-0.15, -0.1) is 0 Å². The molecule has 0 aliphatic heterocycles. The summed E-state index contributed by atoms with van der Waals surface area (Å²) in [4.78, 5) is 12.7. The number of aliphatic hydroxyl groups is 1. The van der Waals surface area contributed by atoms with Gasteiger partial charge in [-0.1, -0.05) is 18.6 Å². The quantitative estimate of drug-likeness (QED) is 0.734. The molecule has 0 saturated heterocycles. The molecule has 4 aliphatic carbocycles. The molecule has 6 atom stereocenters. The van der Waals surface area contributed by atoms with E-state index in [2.05, 4.69) is 13.0 Å². The highest BCUT2D eigenvalue weighted by Gasteiger charge is 2.63. The van der Waals surface area contributed by atoms with E-state index in [1.165, 1.54) is 32.1 Å². The van der Waals surface area contributed by atoms with Crippen LogP contribution in [0.25, 0.3) is 0 Å². The molecule has 0 aromatic carbocycles. The van der Waals surface area contributed by atoms with Gasteiger partial charge in [0.25, 0.3) is 0 Å². The summed E-state index contributed by atoms with van der Waals surface area (Å²) in [6, 6.07) is 0. The van der Waals surface area contributed by atoms with Crippen LogP contribution in [0.1, 0.15) is 71.6 Å². The third-order valence-corrected chi connectivity index (χ3v) is 7.75. The van der Waals surface area contributed by atoms with Gasteiger partial charge in [0.05, 0.1) is 5.60 Å². The van der Waals surface area contributed by atoms with E-state index in [1.807, 2.05) is 6.92 Å². The van der Waals surface area contributed by atoms with Crippen molar-refractivity contribution in [2.45, 2.75) is 77.2 Å². The van der Waals surface area contributed by atoms with E-state index < -0.39 is 5.60 Å². The van der Waals surface area contributed by atoms with E-state index in [0.29, 0.717) is 35.9 Å². The van der Waals surface area contributed by atoms with E-state index in [0.717, 1.165) is 19.3 Å². The molecule has 122 valence electrons. The summed E-state index contributed by atoms with van der Waals surface area (Å²) in [5.74, 6) is 2.54. The van der Waals surface area contributed by atoms with Crippen molar-refractivity contribution in [2.75, 3.05) is 0 Å². The molecule has 0 bridgehead atoms. The lowest BCUT2D eigenvalue weighted by atomic mass is 9.47. The Morgan fingerprint density at radius 1 is 1.27 bits per heavy atom. The second-order valence-electron chi connectivity index (χ2n) is 8.66. The smallest absolute Gasteiger partial charge is 0.139 e. The summed E-state index contributed by atoms with van der Waals surface area (Å²) in [5, 5.41) is 11.4. The summed E-state index contributed by atoms with van der Waals surface area (Å²) in [5.41, 5.74) is 0.750. The predicted molar refractivity (Wildman–Crippen MR) is 87.3 cm³/mol. The molecule has 0 aromatic heterocycles. The lowest BCUT2D eigenvalue weighted by Crippen LogP contribution is -2.59. The monoisotopic (exact) mass is 302 g/mol. The fourth-order valence-corrected chi connectivity index (χ4v) is 7.03. The Morgan fingerprint density at radius 3 is 2.86 bits per heavy atom. The van der Waals surface area contributed by atoms with Crippen LogP contribution in [-0.2, 0) is 4.79 Å². The molecule has 0 aromatic rings. The van der Waals surface area contributed by atoms with E-state index in [9.17, 15) is 9.90 Å². The Hall–Kier alpha value is -0.630. The second-order valence-corrected chi connectivity index (χ2v) is 8.66. The van der Waals surface area contributed by atoms with Crippen LogP contribution in [0.4, 0.5) is 0 Å². The van der Waals surface area contributed by atoms with Crippen LogP contribution >= 0.6 is 0 Å². The first kappa shape index (κ1) is 14.9. The van der Waals surface area contributed by atoms with Gasteiger partial charge in [0.1, 0.15) is 5.78 Å². The number of rotatable bonds is 1. The van der Waals surface area contributed by atoms with Gasteiger partial charge in [-0.3, -0.25) is 4.79 Å². The number of carbonyl (C=O) groups excluding carboxylic acids is 1. The molecule has 1 N–H and O–H groups in total. The van der Waals surface area contributed by atoms with Gasteiger partial charge in [0.2, 0.25) is 0 Å². The number of hydrogen-bond acceptors (Lipinski definition) is 2. The number of carbonyl (C=O) groups is 1. The van der Waals surface area contributed by atoms with Crippen molar-refractivity contribution in [1.29, 1.82) is 0 Å². The molecule has 22 heavy (non-hydrogen) atoms. The van der Waals surface area contributed by atoms with Crippen molar-refractivity contribution in [2.24, 2.45) is 29.1 Å². The van der Waals surface area contributed by atoms with Gasteiger partial charge >= 0.3 is 0 Å². The number of hydrogen-bond donors (Lipinski definition) is 1. The van der Waals surface area contributed by atoms with Crippen molar-refractivity contribution in [3.63, 3.8) is 0 Å². The molecule has 6 unspecified atom stereocenters. The van der Waals surface area contributed by atoms with Crippen LogP contribution in [0.2, 0.25) is 0 Å². The highest BCUT2D eigenvalue weighted by atomic mass is 16.3. The highest BCUT2D eigenvalue weighted by Crippen LogP contribution is 2.64. The van der Waals surface area contributed by atoms with Crippen LogP contribution in [0.3, 0.4) is 0 Å². The van der Waals surface area contributed by atoms with Gasteiger partial charge in [-0.2, -0.15) is 0 Å². The molecule has 2 heteroatoms. The average molecular weight is 302 g/mol. The maximum absolute atomic E-state index is 12.7. The van der Waals surface area contributed by atoms with Crippen LogP contribution in [-0.4, -0.2) is 16.5 Å². The molecule has 0 radical (unpaired) electrons. The summed E-state index contributed by atoms with van der Waals surface area (Å²) in [6.07, 6.45) is 12.1. The third-order valence-electron chi connectivity index (χ3n) is 7.75. The summed E-state index contributed by atoms with van der Waals surface area (Å²) in [6.45, 7) is 4.21. The third kappa shape index (κ3) is 1.85. The normalized spacial score (nSPS) is 50.9. The molecule has 4 rings (SSSR count). The van der Waals surface area contributed by atoms with E-state index in [1.54, 1.807) is 5.57 Å². The molecule has 0 heterocycles. The van der Waals surface area contributed by atoms with Crippen molar-refractivity contribution in [3.05, 3.63) is 11.6 Å². The van der Waals surface area contributed by atoms with Crippen LogP contribution in [0, 0.1) is 29.1 Å². The first-order valence-electron chi connectivity index (χ1n) is 9.44. The predicted octanol–water partition coefficient (Wildman–Crippen LogP) is 4.27. The Bertz CT molecular complexity index is 518. The molecule has 0 spiro atoms. The molecule has 2 nitrogen and oxygen atoms in total. The Kier molecular flexibility index (Phi) is 3.35. The Morgan fingerprint density at radius 2 is 2.09 bits per heavy atom. The van der Waals surface area contributed by atoms with Gasteiger partial charge in [-0.25, -0.2) is 0 Å². The van der Waals surface area contributed by atoms with E-state index in [-0.39, 0.29) is 5.41 Å². The molecular formula is C20H30O2. The van der Waals surface area contributed by atoms with Gasteiger partial charge < -0.3 is 5.11 Å². The van der Waals surface area contributed by atoms with Crippen LogP contribution < -0.4 is 0 Å². The van der Waals surface area contributed by atoms with Gasteiger partial charge in [0, 0.05) is 11.8 Å². The van der Waals surface area contributed by atoms with Gasteiger partial charge in [-0.05, 0) is 82.0 Å². The maximum Gasteiger partial charge on any atom is 0.139 e. The fraction of sp³-hybridized carbons (Fsp3) is 0.850. The largest absolute Gasteiger partial charge is 0.390 e. The van der Waals surface area contributed by atoms with Crippen molar-refractivity contribution in [1.82, 2.24) is 0 Å². The molecule has 3 saturated carbocycles. The highest BCUT2D eigenvalue weighted by molar-refractivity contribution is 5.87. The average Bonchev–Trinajstić information content (AvgIpc) is 2.83. The Labute approximate surface area is 134 Å². The number of Topliss-reactive ketones (excluding diaryl/α,β-unsaturated/α-hetero) is 1. The van der Waals surface area contributed by atoms with Gasteiger partial charge in [0.15, 0.2) is 0 Å². The first-order chi connectivity index (χ1) is 10.5. The summed E-state index contributed by atoms with van der Waals surface area (Å²) >= 11 is 0. The number of fused-ring (bicyclic) bond motifs is 5. The SMILES string of the molecule is CCC12CC(C)(O)C3C4CCCC=C4CCC3C1CCC2=O. The molecule has 4 aliphatic rings. The van der Waals surface area contributed by atoms with Crippen molar-refractivity contribution < 1.29 is 9.90 Å². The zero-order chi connectivity index (χ0) is 15.5. The number of allylic oxidation sites excluding steroid dienone is 2. The summed E-state index contributed by atoms with van der Waals surface area (Å²) in [7, 11) is 0. The van der Waals surface area contributed by atoms with Crippen molar-refractivity contribution >= 4 is 5.78 Å². The Balaban J connectivity index is 1.76. The molecular weight excluding hydrogens is 272 g/mol. The minimum Gasteiger partial charge on any atom is -0.390 e.